The monoisotopic (exact) mass is 259 g/mol. The van der Waals surface area contributed by atoms with Crippen molar-refractivity contribution in [1.82, 2.24) is 10.3 Å². The number of hydrogen-bond donors (Lipinski definition) is 1. The molecule has 0 bridgehead atoms. The Morgan fingerprint density at radius 1 is 1.53 bits per heavy atom. The van der Waals surface area contributed by atoms with Crippen molar-refractivity contribution < 1.29 is 9.59 Å². The van der Waals surface area contributed by atoms with Crippen LogP contribution in [0.2, 0.25) is 0 Å². The lowest BCUT2D eigenvalue weighted by Gasteiger charge is -2.36. The number of Topliss-reactive ketones (excluding diaryl/α,β-unsaturated/α-hetero) is 1. The maximum absolute atomic E-state index is 11.7. The number of anilines is 1. The largest absolute Gasteiger partial charge is 0.354 e. The van der Waals surface area contributed by atoms with Crippen molar-refractivity contribution in [3.63, 3.8) is 0 Å². The summed E-state index contributed by atoms with van der Waals surface area (Å²) in [5.74, 6) is 1.06. The molecule has 0 saturated carbocycles. The van der Waals surface area contributed by atoms with Gasteiger partial charge in [-0.2, -0.15) is 0 Å². The topological polar surface area (TPSA) is 62.3 Å². The van der Waals surface area contributed by atoms with E-state index in [2.05, 4.69) is 15.2 Å². The second-order valence-electron chi connectivity index (χ2n) is 5.21. The van der Waals surface area contributed by atoms with Crippen LogP contribution in [0.4, 0.5) is 5.82 Å². The van der Waals surface area contributed by atoms with Gasteiger partial charge in [0.25, 0.3) is 0 Å². The van der Waals surface area contributed by atoms with Crippen LogP contribution in [-0.4, -0.2) is 35.8 Å². The van der Waals surface area contributed by atoms with Gasteiger partial charge in [-0.3, -0.25) is 9.59 Å². The molecule has 5 heteroatoms. The number of carbonyl (C=O) groups is 2. The normalized spacial score (nSPS) is 25.9. The van der Waals surface area contributed by atoms with Crippen LogP contribution in [0.1, 0.15) is 30.1 Å². The van der Waals surface area contributed by atoms with Crippen LogP contribution in [0.25, 0.3) is 0 Å². The number of ketones is 1. The van der Waals surface area contributed by atoms with E-state index >= 15 is 0 Å². The number of carbonyl (C=O) groups excluding carboxylic acids is 2. The zero-order chi connectivity index (χ0) is 13.4. The summed E-state index contributed by atoms with van der Waals surface area (Å²) in [7, 11) is 0. The Hall–Kier alpha value is -1.91. The highest BCUT2D eigenvalue weighted by atomic mass is 16.2. The lowest BCUT2D eigenvalue weighted by Crippen LogP contribution is -2.46. The van der Waals surface area contributed by atoms with Gasteiger partial charge in [-0.25, -0.2) is 4.98 Å². The SMILES string of the molecule is CC(=O)c1ccnc(N2CCCC3C(=O)NCC32)c1. The molecule has 2 aliphatic heterocycles. The maximum Gasteiger partial charge on any atom is 0.225 e. The Bertz CT molecular complexity index is 529. The van der Waals surface area contributed by atoms with Gasteiger partial charge in [0.1, 0.15) is 5.82 Å². The number of pyridine rings is 1. The number of hydrogen-bond acceptors (Lipinski definition) is 4. The lowest BCUT2D eigenvalue weighted by molar-refractivity contribution is -0.123. The van der Waals surface area contributed by atoms with Crippen LogP contribution in [-0.2, 0) is 4.79 Å². The molecule has 0 radical (unpaired) electrons. The second kappa shape index (κ2) is 4.64. The Labute approximate surface area is 112 Å². The quantitative estimate of drug-likeness (QED) is 0.805. The molecular weight excluding hydrogens is 242 g/mol. The van der Waals surface area contributed by atoms with E-state index in [1.807, 2.05) is 6.07 Å². The number of piperidine rings is 1. The van der Waals surface area contributed by atoms with E-state index in [9.17, 15) is 9.59 Å². The van der Waals surface area contributed by atoms with Crippen molar-refractivity contribution in [3.8, 4) is 0 Å². The molecule has 0 aromatic carbocycles. The molecule has 0 aliphatic carbocycles. The summed E-state index contributed by atoms with van der Waals surface area (Å²) in [6.07, 6.45) is 3.60. The number of nitrogens with one attached hydrogen (secondary N) is 1. The molecule has 5 nitrogen and oxygen atoms in total. The molecular formula is C14H17N3O2. The van der Waals surface area contributed by atoms with Gasteiger partial charge in [0.15, 0.2) is 5.78 Å². The van der Waals surface area contributed by atoms with Crippen LogP contribution in [0.5, 0.6) is 0 Å². The van der Waals surface area contributed by atoms with Gasteiger partial charge < -0.3 is 10.2 Å². The summed E-state index contributed by atoms with van der Waals surface area (Å²) in [4.78, 5) is 29.7. The summed E-state index contributed by atoms with van der Waals surface area (Å²) in [6, 6.07) is 3.73. The van der Waals surface area contributed by atoms with Crippen molar-refractivity contribution in [2.75, 3.05) is 18.0 Å². The number of nitrogens with zero attached hydrogens (tertiary/aromatic N) is 2. The summed E-state index contributed by atoms with van der Waals surface area (Å²) < 4.78 is 0. The Morgan fingerprint density at radius 3 is 3.16 bits per heavy atom. The van der Waals surface area contributed by atoms with Crippen LogP contribution in [0, 0.1) is 5.92 Å². The highest BCUT2D eigenvalue weighted by Gasteiger charge is 2.41. The Balaban J connectivity index is 1.91. The minimum Gasteiger partial charge on any atom is -0.354 e. The first-order chi connectivity index (χ1) is 9.16. The molecule has 1 amide bonds. The Morgan fingerprint density at radius 2 is 2.37 bits per heavy atom. The van der Waals surface area contributed by atoms with Crippen molar-refractivity contribution >= 4 is 17.5 Å². The lowest BCUT2D eigenvalue weighted by atomic mass is 9.91. The molecule has 19 heavy (non-hydrogen) atoms. The van der Waals surface area contributed by atoms with Gasteiger partial charge in [0, 0.05) is 24.8 Å². The maximum atomic E-state index is 11.7. The number of rotatable bonds is 2. The van der Waals surface area contributed by atoms with Crippen molar-refractivity contribution in [2.24, 2.45) is 5.92 Å². The summed E-state index contributed by atoms with van der Waals surface area (Å²) in [6.45, 7) is 3.12. The van der Waals surface area contributed by atoms with E-state index in [4.69, 9.17) is 0 Å². The molecule has 3 heterocycles. The van der Waals surface area contributed by atoms with Crippen molar-refractivity contribution in [1.29, 1.82) is 0 Å². The number of amides is 1. The summed E-state index contributed by atoms with van der Waals surface area (Å²) >= 11 is 0. The Kier molecular flexibility index (Phi) is 2.97. The fourth-order valence-corrected chi connectivity index (χ4v) is 3.03. The first-order valence-electron chi connectivity index (χ1n) is 6.68. The number of aromatic nitrogens is 1. The van der Waals surface area contributed by atoms with Crippen LogP contribution in [0.3, 0.4) is 0 Å². The first kappa shape index (κ1) is 12.1. The molecule has 2 fully saturated rings. The molecule has 1 aromatic heterocycles. The van der Waals surface area contributed by atoms with Gasteiger partial charge >= 0.3 is 0 Å². The van der Waals surface area contributed by atoms with Crippen LogP contribution >= 0.6 is 0 Å². The van der Waals surface area contributed by atoms with E-state index in [-0.39, 0.29) is 23.7 Å². The molecule has 0 spiro atoms. The van der Waals surface area contributed by atoms with Crippen LogP contribution < -0.4 is 10.2 Å². The van der Waals surface area contributed by atoms with E-state index in [0.717, 1.165) is 25.2 Å². The highest BCUT2D eigenvalue weighted by molar-refractivity contribution is 5.94. The summed E-state index contributed by atoms with van der Waals surface area (Å²) in [5, 5.41) is 2.92. The van der Waals surface area contributed by atoms with Gasteiger partial charge in [-0.15, -0.1) is 0 Å². The standard InChI is InChI=1S/C14H17N3O2/c1-9(18)10-4-5-15-13(7-10)17-6-2-3-11-12(17)8-16-14(11)19/h4-5,7,11-12H,2-3,6,8H2,1H3,(H,16,19). The van der Waals surface area contributed by atoms with E-state index in [1.165, 1.54) is 0 Å². The second-order valence-corrected chi connectivity index (χ2v) is 5.21. The molecule has 3 rings (SSSR count). The van der Waals surface area contributed by atoms with Crippen molar-refractivity contribution in [3.05, 3.63) is 23.9 Å². The molecule has 1 aromatic rings. The zero-order valence-electron chi connectivity index (χ0n) is 10.9. The first-order valence-corrected chi connectivity index (χ1v) is 6.68. The minimum atomic E-state index is 0.0397. The smallest absolute Gasteiger partial charge is 0.225 e. The molecule has 2 atom stereocenters. The average Bonchev–Trinajstić information content (AvgIpc) is 2.81. The van der Waals surface area contributed by atoms with Gasteiger partial charge in [0.2, 0.25) is 5.91 Å². The van der Waals surface area contributed by atoms with Gasteiger partial charge in [-0.05, 0) is 31.9 Å². The van der Waals surface area contributed by atoms with E-state index in [0.29, 0.717) is 12.1 Å². The highest BCUT2D eigenvalue weighted by Crippen LogP contribution is 2.30. The third-order valence-electron chi connectivity index (χ3n) is 4.05. The molecule has 1 N–H and O–H groups in total. The molecule has 2 unspecified atom stereocenters. The number of fused-ring (bicyclic) bond motifs is 1. The average molecular weight is 259 g/mol. The molecule has 2 saturated heterocycles. The third kappa shape index (κ3) is 2.09. The van der Waals surface area contributed by atoms with Gasteiger partial charge in [0.05, 0.1) is 12.0 Å². The van der Waals surface area contributed by atoms with E-state index < -0.39 is 0 Å². The summed E-state index contributed by atoms with van der Waals surface area (Å²) in [5.41, 5.74) is 0.671. The zero-order valence-corrected chi connectivity index (χ0v) is 10.9. The van der Waals surface area contributed by atoms with Crippen molar-refractivity contribution in [2.45, 2.75) is 25.8 Å². The van der Waals surface area contributed by atoms with Gasteiger partial charge in [-0.1, -0.05) is 0 Å². The predicted octanol–water partition coefficient (Wildman–Crippen LogP) is 0.999. The fraction of sp³-hybridized carbons (Fsp3) is 0.500. The molecule has 100 valence electrons. The van der Waals surface area contributed by atoms with Crippen LogP contribution in [0.15, 0.2) is 18.3 Å². The minimum absolute atomic E-state index is 0.0397. The van der Waals surface area contributed by atoms with E-state index in [1.54, 1.807) is 19.2 Å². The third-order valence-corrected chi connectivity index (χ3v) is 4.05. The predicted molar refractivity (Wildman–Crippen MR) is 71.1 cm³/mol. The fourth-order valence-electron chi connectivity index (χ4n) is 3.03. The molecule has 2 aliphatic rings.